The van der Waals surface area contributed by atoms with Gasteiger partial charge in [0.2, 0.25) is 0 Å². The summed E-state index contributed by atoms with van der Waals surface area (Å²) >= 11 is 0. The van der Waals surface area contributed by atoms with Gasteiger partial charge in [-0.1, -0.05) is 24.8 Å². The zero-order valence-electron chi connectivity index (χ0n) is 11.8. The number of hydrogen-bond acceptors (Lipinski definition) is 3. The normalized spacial score (nSPS) is 22.1. The molecule has 0 aliphatic carbocycles. The standard InChI is InChI=1S/C15H25NO2/c1-5-6-7-8-13(2)18-14(3)11-16(4)15-9-10-17-12-15/h5-8,14-15H,2,9-12H2,1,3-4H3/b6-5-,8-7-. The summed E-state index contributed by atoms with van der Waals surface area (Å²) in [4.78, 5) is 2.31. The summed E-state index contributed by atoms with van der Waals surface area (Å²) in [5.41, 5.74) is 0. The second-order valence-corrected chi connectivity index (χ2v) is 4.74. The molecule has 2 unspecified atom stereocenters. The quantitative estimate of drug-likeness (QED) is 0.513. The van der Waals surface area contributed by atoms with E-state index < -0.39 is 0 Å². The predicted octanol–water partition coefficient (Wildman–Crippen LogP) is 2.76. The lowest BCUT2D eigenvalue weighted by atomic mass is 10.2. The fraction of sp³-hybridized carbons (Fsp3) is 0.600. The summed E-state index contributed by atoms with van der Waals surface area (Å²) in [5, 5.41) is 0. The van der Waals surface area contributed by atoms with E-state index in [0.29, 0.717) is 11.8 Å². The van der Waals surface area contributed by atoms with Crippen LogP contribution in [-0.2, 0) is 9.47 Å². The molecule has 2 atom stereocenters. The van der Waals surface area contributed by atoms with Crippen LogP contribution in [0, 0.1) is 0 Å². The predicted molar refractivity (Wildman–Crippen MR) is 75.5 cm³/mol. The average molecular weight is 251 g/mol. The van der Waals surface area contributed by atoms with Crippen molar-refractivity contribution >= 4 is 0 Å². The summed E-state index contributed by atoms with van der Waals surface area (Å²) < 4.78 is 11.1. The molecule has 0 saturated carbocycles. The molecule has 1 aliphatic heterocycles. The first kappa shape index (κ1) is 15.0. The maximum Gasteiger partial charge on any atom is 0.112 e. The van der Waals surface area contributed by atoms with Gasteiger partial charge in [-0.25, -0.2) is 0 Å². The molecule has 0 bridgehead atoms. The van der Waals surface area contributed by atoms with E-state index in [2.05, 4.69) is 25.5 Å². The number of rotatable bonds is 7. The summed E-state index contributed by atoms with van der Waals surface area (Å²) in [6.45, 7) is 10.5. The van der Waals surface area contributed by atoms with Crippen molar-refractivity contribution in [3.8, 4) is 0 Å². The summed E-state index contributed by atoms with van der Waals surface area (Å²) in [7, 11) is 2.12. The van der Waals surface area contributed by atoms with E-state index in [1.165, 1.54) is 0 Å². The summed E-state index contributed by atoms with van der Waals surface area (Å²) in [6.07, 6.45) is 9.00. The van der Waals surface area contributed by atoms with Gasteiger partial charge < -0.3 is 9.47 Å². The van der Waals surface area contributed by atoms with Crippen molar-refractivity contribution in [2.45, 2.75) is 32.4 Å². The summed E-state index contributed by atoms with van der Waals surface area (Å²) in [6, 6.07) is 0.530. The minimum Gasteiger partial charge on any atom is -0.490 e. The van der Waals surface area contributed by atoms with Crippen LogP contribution in [0.3, 0.4) is 0 Å². The molecule has 1 saturated heterocycles. The van der Waals surface area contributed by atoms with E-state index in [1.54, 1.807) is 0 Å². The molecule has 3 heteroatoms. The Hall–Kier alpha value is -1.06. The number of ether oxygens (including phenoxy) is 2. The average Bonchev–Trinajstić information content (AvgIpc) is 2.82. The molecule has 0 aromatic rings. The third kappa shape index (κ3) is 5.52. The Bertz CT molecular complexity index is 304. The minimum atomic E-state index is 0.137. The van der Waals surface area contributed by atoms with Gasteiger partial charge in [-0.3, -0.25) is 4.90 Å². The molecule has 1 rings (SSSR count). The fourth-order valence-electron chi connectivity index (χ4n) is 2.03. The zero-order chi connectivity index (χ0) is 13.4. The number of nitrogens with zero attached hydrogens (tertiary/aromatic N) is 1. The van der Waals surface area contributed by atoms with Gasteiger partial charge in [0, 0.05) is 19.2 Å². The number of allylic oxidation sites excluding steroid dienone is 4. The lowest BCUT2D eigenvalue weighted by molar-refractivity contribution is 0.0820. The molecule has 1 fully saturated rings. The van der Waals surface area contributed by atoms with E-state index >= 15 is 0 Å². The summed E-state index contributed by atoms with van der Waals surface area (Å²) in [5.74, 6) is 0.705. The lowest BCUT2D eigenvalue weighted by Gasteiger charge is -2.26. The Morgan fingerprint density at radius 2 is 2.33 bits per heavy atom. The van der Waals surface area contributed by atoms with Gasteiger partial charge in [0.1, 0.15) is 11.9 Å². The molecule has 102 valence electrons. The molecule has 0 spiro atoms. The van der Waals surface area contributed by atoms with Crippen molar-refractivity contribution in [1.29, 1.82) is 0 Å². The maximum absolute atomic E-state index is 5.73. The van der Waals surface area contributed by atoms with Crippen LogP contribution in [0.25, 0.3) is 0 Å². The van der Waals surface area contributed by atoms with Crippen LogP contribution in [0.15, 0.2) is 36.6 Å². The molecular formula is C15H25NO2. The van der Waals surface area contributed by atoms with Crippen LogP contribution in [0.5, 0.6) is 0 Å². The number of likely N-dealkylation sites (N-methyl/N-ethyl adjacent to an activating group) is 1. The second-order valence-electron chi connectivity index (χ2n) is 4.74. The first-order chi connectivity index (χ1) is 8.63. The third-order valence-corrected chi connectivity index (χ3v) is 3.01. The smallest absolute Gasteiger partial charge is 0.112 e. The highest BCUT2D eigenvalue weighted by molar-refractivity contribution is 5.14. The van der Waals surface area contributed by atoms with Crippen LogP contribution in [0.1, 0.15) is 20.3 Å². The van der Waals surface area contributed by atoms with E-state index in [1.807, 2.05) is 31.2 Å². The van der Waals surface area contributed by atoms with Crippen LogP contribution in [0.2, 0.25) is 0 Å². The van der Waals surface area contributed by atoms with Gasteiger partial charge >= 0.3 is 0 Å². The Balaban J connectivity index is 2.27. The molecule has 3 nitrogen and oxygen atoms in total. The van der Waals surface area contributed by atoms with E-state index in [9.17, 15) is 0 Å². The second kappa shape index (κ2) is 8.11. The Labute approximate surface area is 111 Å². The SMILES string of the molecule is C=C(/C=C\C=C/C)OC(C)CN(C)C1CCOC1. The largest absolute Gasteiger partial charge is 0.490 e. The van der Waals surface area contributed by atoms with Crippen molar-refractivity contribution in [3.05, 3.63) is 36.6 Å². The fourth-order valence-corrected chi connectivity index (χ4v) is 2.03. The van der Waals surface area contributed by atoms with Gasteiger partial charge in [0.25, 0.3) is 0 Å². The Kier molecular flexibility index (Phi) is 6.76. The van der Waals surface area contributed by atoms with E-state index in [0.717, 1.165) is 26.2 Å². The highest BCUT2D eigenvalue weighted by Gasteiger charge is 2.21. The highest BCUT2D eigenvalue weighted by atomic mass is 16.5. The van der Waals surface area contributed by atoms with Crippen LogP contribution in [-0.4, -0.2) is 43.9 Å². The Morgan fingerprint density at radius 1 is 1.56 bits per heavy atom. The zero-order valence-corrected chi connectivity index (χ0v) is 11.8. The first-order valence-corrected chi connectivity index (χ1v) is 6.56. The molecule has 0 radical (unpaired) electrons. The van der Waals surface area contributed by atoms with Crippen molar-refractivity contribution in [3.63, 3.8) is 0 Å². The van der Waals surface area contributed by atoms with Crippen molar-refractivity contribution in [2.24, 2.45) is 0 Å². The minimum absolute atomic E-state index is 0.137. The third-order valence-electron chi connectivity index (χ3n) is 3.01. The van der Waals surface area contributed by atoms with Gasteiger partial charge in [0.15, 0.2) is 0 Å². The van der Waals surface area contributed by atoms with Crippen LogP contribution < -0.4 is 0 Å². The molecule has 1 heterocycles. The lowest BCUT2D eigenvalue weighted by Crippen LogP contribution is -2.37. The van der Waals surface area contributed by atoms with E-state index in [-0.39, 0.29) is 6.10 Å². The Morgan fingerprint density at radius 3 is 2.94 bits per heavy atom. The van der Waals surface area contributed by atoms with Gasteiger partial charge in [-0.2, -0.15) is 0 Å². The molecule has 0 N–H and O–H groups in total. The maximum atomic E-state index is 5.73. The van der Waals surface area contributed by atoms with E-state index in [4.69, 9.17) is 9.47 Å². The molecule has 0 amide bonds. The monoisotopic (exact) mass is 251 g/mol. The molecule has 0 aromatic heterocycles. The van der Waals surface area contributed by atoms with Gasteiger partial charge in [-0.15, -0.1) is 0 Å². The first-order valence-electron chi connectivity index (χ1n) is 6.56. The van der Waals surface area contributed by atoms with Gasteiger partial charge in [0.05, 0.1) is 6.61 Å². The van der Waals surface area contributed by atoms with Crippen molar-refractivity contribution < 1.29 is 9.47 Å². The van der Waals surface area contributed by atoms with Crippen molar-refractivity contribution in [2.75, 3.05) is 26.8 Å². The van der Waals surface area contributed by atoms with Crippen molar-refractivity contribution in [1.82, 2.24) is 4.90 Å². The van der Waals surface area contributed by atoms with Gasteiger partial charge in [-0.05, 0) is 33.4 Å². The molecule has 0 aromatic carbocycles. The van der Waals surface area contributed by atoms with Crippen LogP contribution in [0.4, 0.5) is 0 Å². The van der Waals surface area contributed by atoms with Crippen LogP contribution >= 0.6 is 0 Å². The molecular weight excluding hydrogens is 226 g/mol. The topological polar surface area (TPSA) is 21.7 Å². The molecule has 18 heavy (non-hydrogen) atoms. The number of hydrogen-bond donors (Lipinski definition) is 0. The highest BCUT2D eigenvalue weighted by Crippen LogP contribution is 2.12. The molecule has 1 aliphatic rings.